The zero-order chi connectivity index (χ0) is 93.8. The second kappa shape index (κ2) is 48.4. The van der Waals surface area contributed by atoms with E-state index in [1.807, 2.05) is 51.9 Å². The van der Waals surface area contributed by atoms with Gasteiger partial charge in [0, 0.05) is 168 Å². The van der Waals surface area contributed by atoms with Crippen molar-refractivity contribution in [2.45, 2.75) is 274 Å². The van der Waals surface area contributed by atoms with Crippen molar-refractivity contribution in [1.82, 2.24) is 76.4 Å². The number of hydrogen-bond acceptors (Lipinski definition) is 20. The molecule has 4 aliphatic heterocycles. The zero-order valence-electron chi connectivity index (χ0n) is 77.8. The Balaban J connectivity index is 0.000000155. The summed E-state index contributed by atoms with van der Waals surface area (Å²) in [7, 11) is 0. The molecule has 746 valence electrons. The Morgan fingerprint density at radius 1 is 0.309 bits per heavy atom. The number of anilines is 4. The van der Waals surface area contributed by atoms with Gasteiger partial charge in [0.1, 0.15) is 11.6 Å². The van der Waals surface area contributed by atoms with E-state index in [1.165, 1.54) is 65.4 Å². The monoisotopic (exact) mass is 1930 g/mol. The van der Waals surface area contributed by atoms with Crippen LogP contribution in [0.5, 0.6) is 0 Å². The molecule has 0 bridgehead atoms. The van der Waals surface area contributed by atoms with Gasteiger partial charge in [0.05, 0.1) is 68.3 Å². The third kappa shape index (κ3) is 25.4. The number of nitrogens with zero attached hydrogens (tertiary/aromatic N) is 16. The number of benzene rings is 4. The lowest BCUT2D eigenvalue weighted by Gasteiger charge is -2.26. The van der Waals surface area contributed by atoms with E-state index >= 15 is 0 Å². The molecule has 12 heterocycles. The quantitative estimate of drug-likeness (QED) is 0.0515. The summed E-state index contributed by atoms with van der Waals surface area (Å²) in [6.45, 7) is 18.3. The molecule has 4 saturated carbocycles. The first-order chi connectivity index (χ1) is 65.6. The molecule has 0 atom stereocenters. The largest absolute Gasteiger partial charge is 0.381 e. The Bertz CT molecular complexity index is 6080. The molecule has 139 heavy (non-hydrogen) atoms. The predicted molar refractivity (Wildman–Crippen MR) is 542 cm³/mol. The average molecular weight is 1930 g/mol. The van der Waals surface area contributed by atoms with Crippen LogP contribution in [0, 0.1) is 60.8 Å². The van der Waals surface area contributed by atoms with Crippen LogP contribution in [0.15, 0.2) is 172 Å². The lowest BCUT2D eigenvalue weighted by molar-refractivity contribution is 0.0685. The number of nitrogens with one attached hydrogen (secondary N) is 4. The third-order valence-corrected chi connectivity index (χ3v) is 28.5. The maximum Gasteiger partial charge on any atom is 0.333 e. The molecule has 0 radical (unpaired) electrons. The molecule has 4 aliphatic carbocycles. The molecule has 0 amide bonds. The number of aryl methyl sites for hydroxylation is 2. The maximum absolute atomic E-state index is 14.8. The van der Waals surface area contributed by atoms with Gasteiger partial charge in [-0.3, -0.25) is 36.5 Å². The van der Waals surface area contributed by atoms with E-state index < -0.39 is 23.3 Å². The zero-order valence-corrected chi connectivity index (χ0v) is 78.6. The van der Waals surface area contributed by atoms with Gasteiger partial charge in [-0.05, 0) is 288 Å². The van der Waals surface area contributed by atoms with Crippen LogP contribution in [-0.2, 0) is 18.9 Å². The molecule has 0 spiro atoms. The molecule has 8 aromatic heterocycles. The van der Waals surface area contributed by atoms with Gasteiger partial charge in [0.2, 0.25) is 23.8 Å². The topological polar surface area (TPSA) is 296 Å². The molecule has 28 nitrogen and oxygen atoms in total. The standard InChI is InChI=1S/C27H35N5O2.C25H30ClN5O2.2C25H29F2N5O2.4CH4/c1-18-4-7-21(8-5-18)29-26-28-13-10-24(30-26)25-17-31(22-11-14-34-15-12-22)27(33)32(25)23-9-6-19(2)20(3)16-23;1-17-2-6-19(7-3-17)28-24-27-13-10-22(29-24)23-16-30(20-11-14-33-15-12-20)25(32)31(23)21-8-4-18(26)5-9-21;1-16-2-5-18(6-3-16)29-24-28-11-8-21(30-24)23-15-31(19-9-12-34-13-10-19)25(33)32(23)22-7-4-17(26)14-20(22)27;1-16-2-4-17(5-3-16)29-24-28-11-8-22(30-24)23-15-31(18-9-12-34-13-10-18)25(33)32(23)19-6-7-20(26)21(27)14-19;;;;/h6,9-10,13,16-18,21-22H,4-5,7-8,11-12,14-15H2,1-3H3,(H,28,29,30);4-5,8-10,13,16-17,19-20H,2-3,6-7,11-12,14-15H2,1H3,(H,27,28,29);4,7-8,11,14-16,18-19H,2-3,5-6,9-10,12-13H2,1H3,(H,28,29,30);6-8,11,14-18H,2-5,9-10,12-13H2,1H3,(H,28,29,30);4*1H4. The number of hydrogen-bond donors (Lipinski definition) is 4. The summed E-state index contributed by atoms with van der Waals surface area (Å²) in [5.74, 6) is 1.80. The van der Waals surface area contributed by atoms with Crippen LogP contribution >= 0.6 is 11.6 Å². The summed E-state index contributed by atoms with van der Waals surface area (Å²) in [5.41, 5.74) is 8.40. The molecule has 4 saturated heterocycles. The number of ether oxygens (including phenoxy) is 4. The van der Waals surface area contributed by atoms with E-state index in [0.29, 0.717) is 154 Å². The Hall–Kier alpha value is -11.7. The number of rotatable bonds is 20. The van der Waals surface area contributed by atoms with Crippen molar-refractivity contribution in [2.24, 2.45) is 23.7 Å². The highest BCUT2D eigenvalue weighted by Crippen LogP contribution is 2.37. The minimum atomic E-state index is -1.01. The molecule has 8 aliphatic rings. The van der Waals surface area contributed by atoms with Gasteiger partial charge in [-0.1, -0.05) is 75.1 Å². The second-order valence-corrected chi connectivity index (χ2v) is 38.4. The fourth-order valence-electron chi connectivity index (χ4n) is 19.8. The highest BCUT2D eigenvalue weighted by atomic mass is 35.5. The van der Waals surface area contributed by atoms with E-state index in [-0.39, 0.29) is 88.0 Å². The lowest BCUT2D eigenvalue weighted by atomic mass is 9.87. The van der Waals surface area contributed by atoms with E-state index in [4.69, 9.17) is 45.5 Å². The van der Waals surface area contributed by atoms with Crippen LogP contribution in [0.3, 0.4) is 0 Å². The molecular formula is C106H139ClF4N20O8. The van der Waals surface area contributed by atoms with Crippen molar-refractivity contribution in [3.8, 4) is 68.3 Å². The summed E-state index contributed by atoms with van der Waals surface area (Å²) in [5, 5.41) is 14.5. The van der Waals surface area contributed by atoms with Crippen molar-refractivity contribution < 1.29 is 36.5 Å². The summed E-state index contributed by atoms with van der Waals surface area (Å²) < 4.78 is 91.3. The Morgan fingerprint density at radius 2 is 0.597 bits per heavy atom. The fraction of sp³-hybridized carbons (Fsp3) is 0.509. The number of aromatic nitrogens is 16. The van der Waals surface area contributed by atoms with Crippen molar-refractivity contribution in [1.29, 1.82) is 0 Å². The summed E-state index contributed by atoms with van der Waals surface area (Å²) in [6.07, 6.45) is 38.7. The number of imidazole rings is 4. The lowest BCUT2D eigenvalue weighted by Crippen LogP contribution is -2.30. The molecule has 20 rings (SSSR count). The highest BCUT2D eigenvalue weighted by molar-refractivity contribution is 6.30. The minimum Gasteiger partial charge on any atom is -0.381 e. The van der Waals surface area contributed by atoms with Gasteiger partial charge < -0.3 is 40.2 Å². The van der Waals surface area contributed by atoms with Gasteiger partial charge in [-0.15, -0.1) is 0 Å². The van der Waals surface area contributed by atoms with Crippen molar-refractivity contribution in [3.63, 3.8) is 0 Å². The Morgan fingerprint density at radius 3 is 0.906 bits per heavy atom. The molecule has 8 fully saturated rings. The van der Waals surface area contributed by atoms with Gasteiger partial charge in [0.15, 0.2) is 11.6 Å². The summed E-state index contributed by atoms with van der Waals surface area (Å²) >= 11 is 6.11. The van der Waals surface area contributed by atoms with Crippen LogP contribution in [-0.4, -0.2) is 153 Å². The Labute approximate surface area is 817 Å². The van der Waals surface area contributed by atoms with Gasteiger partial charge >= 0.3 is 22.8 Å². The Kier molecular flexibility index (Phi) is 36.5. The van der Waals surface area contributed by atoms with E-state index in [1.54, 1.807) is 79.7 Å². The maximum atomic E-state index is 14.8. The highest BCUT2D eigenvalue weighted by Gasteiger charge is 2.33. The molecule has 0 unspecified atom stereocenters. The van der Waals surface area contributed by atoms with Crippen molar-refractivity contribution in [2.75, 3.05) is 74.1 Å². The first-order valence-electron chi connectivity index (χ1n) is 48.4. The van der Waals surface area contributed by atoms with Gasteiger partial charge in [-0.25, -0.2) is 76.6 Å². The van der Waals surface area contributed by atoms with Crippen LogP contribution < -0.4 is 44.0 Å². The fourth-order valence-corrected chi connectivity index (χ4v) is 20.0. The molecule has 12 aromatic rings. The van der Waals surface area contributed by atoms with Crippen molar-refractivity contribution >= 4 is 35.4 Å². The number of halogens is 5. The molecule has 4 N–H and O–H groups in total. The smallest absolute Gasteiger partial charge is 0.333 e. The van der Waals surface area contributed by atoms with Gasteiger partial charge in [-0.2, -0.15) is 0 Å². The first kappa shape index (κ1) is 105. The SMILES string of the molecule is C.C.C.C.CC1CCC(Nc2nccc(-c3cn(C4CCOCC4)c(=O)n3-c3ccc(Cl)cc3)n2)CC1.CC1CCC(Nc2nccc(-c3cn(C4CCOCC4)c(=O)n3-c3ccc(F)c(F)c3)n2)CC1.CC1CCC(Nc2nccc(-c3cn(C4CCOCC4)c(=O)n3-c3ccc(F)cc3F)n2)CC1.Cc1ccc(-n2c(-c3ccnc(NC4CCC(C)CC4)n3)cn(C3CCOCC3)c2=O)cc1C. The van der Waals surface area contributed by atoms with Crippen LogP contribution in [0.1, 0.15) is 247 Å². The molecular weight excluding hydrogens is 1790 g/mol. The van der Waals surface area contributed by atoms with E-state index in [2.05, 4.69) is 99.9 Å². The third-order valence-electron chi connectivity index (χ3n) is 28.2. The summed E-state index contributed by atoms with van der Waals surface area (Å²) in [6, 6.07) is 29.0. The minimum absolute atomic E-state index is 0. The normalized spacial score (nSPS) is 20.9. The average Bonchev–Trinajstić information content (AvgIpc) is 1.63. The van der Waals surface area contributed by atoms with E-state index in [0.717, 1.165) is 178 Å². The second-order valence-electron chi connectivity index (χ2n) is 37.9. The molecule has 33 heteroatoms. The van der Waals surface area contributed by atoms with E-state index in [9.17, 15) is 36.7 Å². The first-order valence-corrected chi connectivity index (χ1v) is 48.7. The van der Waals surface area contributed by atoms with Crippen LogP contribution in [0.4, 0.5) is 41.4 Å². The van der Waals surface area contributed by atoms with Crippen molar-refractivity contribution in [3.05, 3.63) is 234 Å². The summed E-state index contributed by atoms with van der Waals surface area (Å²) in [4.78, 5) is 91.0. The predicted octanol–water partition coefficient (Wildman–Crippen LogP) is 22.1. The van der Waals surface area contributed by atoms with Gasteiger partial charge in [0.25, 0.3) is 0 Å². The van der Waals surface area contributed by atoms with Crippen LogP contribution in [0.25, 0.3) is 68.3 Å². The van der Waals surface area contributed by atoms with Crippen LogP contribution in [0.2, 0.25) is 5.02 Å². The molecule has 4 aromatic carbocycles.